The maximum Gasteiger partial charge on any atom is 0.335 e. The highest BCUT2D eigenvalue weighted by Crippen LogP contribution is 2.22. The van der Waals surface area contributed by atoms with Crippen LogP contribution in [0.25, 0.3) is 0 Å². The minimum absolute atomic E-state index is 0.0938. The van der Waals surface area contributed by atoms with Crippen molar-refractivity contribution in [3.8, 4) is 0 Å². The number of aromatic carboxylic acids is 1. The smallest absolute Gasteiger partial charge is 0.335 e. The summed E-state index contributed by atoms with van der Waals surface area (Å²) in [6.07, 6.45) is 0. The summed E-state index contributed by atoms with van der Waals surface area (Å²) in [6, 6.07) is 3.74. The number of ether oxygens (including phenoxy) is 1. The molecular weight excluding hydrogens is 219 g/mol. The Balaban J connectivity index is 2.76. The average molecular weight is 230 g/mol. The molecule has 0 radical (unpaired) electrons. The van der Waals surface area contributed by atoms with Gasteiger partial charge in [0.15, 0.2) is 0 Å². The topological polar surface area (TPSA) is 46.5 Å². The molecule has 0 aliphatic rings. The third-order valence-electron chi connectivity index (χ3n) is 1.72. The molecule has 1 N–H and O–H groups in total. The van der Waals surface area contributed by atoms with Crippen LogP contribution in [0.4, 0.5) is 4.39 Å². The Hall–Kier alpha value is -1.07. The summed E-state index contributed by atoms with van der Waals surface area (Å²) < 4.78 is 18.0. The Morgan fingerprint density at radius 2 is 2.33 bits per heavy atom. The molecule has 1 aromatic carbocycles. The molecule has 0 saturated carbocycles. The van der Waals surface area contributed by atoms with E-state index in [1.807, 2.05) is 0 Å². The molecule has 0 aromatic heterocycles. The standard InChI is InChI=1S/C10H11FO3S/c1-14-4-5-15-9-6-7(10(12)13)2-3-8(9)11/h2-3,6H,4-5H2,1H3,(H,12,13). The molecule has 0 heterocycles. The number of thioether (sulfide) groups is 1. The van der Waals surface area contributed by atoms with Crippen LogP contribution >= 0.6 is 11.8 Å². The number of halogens is 1. The van der Waals surface area contributed by atoms with Crippen LogP contribution in [0.15, 0.2) is 23.1 Å². The molecule has 0 aliphatic carbocycles. The zero-order chi connectivity index (χ0) is 11.3. The van der Waals surface area contributed by atoms with Gasteiger partial charge < -0.3 is 9.84 Å². The molecule has 0 unspecified atom stereocenters. The van der Waals surface area contributed by atoms with E-state index in [0.29, 0.717) is 17.3 Å². The Kier molecular flexibility index (Phi) is 4.58. The van der Waals surface area contributed by atoms with Crippen molar-refractivity contribution in [1.29, 1.82) is 0 Å². The number of carboxylic acids is 1. The van der Waals surface area contributed by atoms with E-state index in [1.54, 1.807) is 7.11 Å². The van der Waals surface area contributed by atoms with Crippen LogP contribution in [-0.2, 0) is 4.74 Å². The van der Waals surface area contributed by atoms with Crippen LogP contribution in [0.1, 0.15) is 10.4 Å². The second-order valence-corrected chi connectivity index (χ2v) is 3.93. The highest BCUT2D eigenvalue weighted by atomic mass is 32.2. The molecule has 1 rings (SSSR count). The molecule has 3 nitrogen and oxygen atoms in total. The highest BCUT2D eigenvalue weighted by molar-refractivity contribution is 7.99. The van der Waals surface area contributed by atoms with Crippen molar-refractivity contribution in [3.63, 3.8) is 0 Å². The summed E-state index contributed by atoms with van der Waals surface area (Å²) in [5.41, 5.74) is 0.0938. The van der Waals surface area contributed by atoms with Gasteiger partial charge in [0.1, 0.15) is 5.82 Å². The number of hydrogen-bond donors (Lipinski definition) is 1. The number of methoxy groups -OCH3 is 1. The van der Waals surface area contributed by atoms with Crippen molar-refractivity contribution >= 4 is 17.7 Å². The molecule has 0 spiro atoms. The van der Waals surface area contributed by atoms with Gasteiger partial charge in [0, 0.05) is 17.8 Å². The molecule has 0 atom stereocenters. The van der Waals surface area contributed by atoms with Crippen LogP contribution in [0.2, 0.25) is 0 Å². The molecule has 0 amide bonds. The fraction of sp³-hybridized carbons (Fsp3) is 0.300. The van der Waals surface area contributed by atoms with Crippen LogP contribution in [0.5, 0.6) is 0 Å². The summed E-state index contributed by atoms with van der Waals surface area (Å²) in [4.78, 5) is 11.0. The first kappa shape index (κ1) is 12.0. The van der Waals surface area contributed by atoms with Crippen molar-refractivity contribution in [2.75, 3.05) is 19.5 Å². The maximum atomic E-state index is 13.2. The zero-order valence-electron chi connectivity index (χ0n) is 8.20. The minimum atomic E-state index is -1.05. The van der Waals surface area contributed by atoms with Crippen molar-refractivity contribution in [2.24, 2.45) is 0 Å². The Labute approximate surface area is 91.2 Å². The van der Waals surface area contributed by atoms with Crippen LogP contribution in [-0.4, -0.2) is 30.5 Å². The third-order valence-corrected chi connectivity index (χ3v) is 2.72. The normalized spacial score (nSPS) is 10.3. The van der Waals surface area contributed by atoms with E-state index in [-0.39, 0.29) is 5.56 Å². The maximum absolute atomic E-state index is 13.2. The van der Waals surface area contributed by atoms with Crippen LogP contribution < -0.4 is 0 Å². The minimum Gasteiger partial charge on any atom is -0.478 e. The number of benzene rings is 1. The van der Waals surface area contributed by atoms with Crippen molar-refractivity contribution in [2.45, 2.75) is 4.90 Å². The van der Waals surface area contributed by atoms with Gasteiger partial charge in [-0.3, -0.25) is 0 Å². The number of rotatable bonds is 5. The van der Waals surface area contributed by atoms with Gasteiger partial charge in [0.2, 0.25) is 0 Å². The van der Waals surface area contributed by atoms with Gasteiger partial charge in [0.05, 0.1) is 12.2 Å². The lowest BCUT2D eigenvalue weighted by Gasteiger charge is -2.03. The lowest BCUT2D eigenvalue weighted by atomic mass is 10.2. The van der Waals surface area contributed by atoms with E-state index in [9.17, 15) is 9.18 Å². The summed E-state index contributed by atoms with van der Waals surface area (Å²) >= 11 is 1.24. The fourth-order valence-electron chi connectivity index (χ4n) is 0.982. The van der Waals surface area contributed by atoms with Crippen LogP contribution in [0, 0.1) is 5.82 Å². The highest BCUT2D eigenvalue weighted by Gasteiger charge is 2.08. The summed E-state index contributed by atoms with van der Waals surface area (Å²) in [5.74, 6) is -0.860. The van der Waals surface area contributed by atoms with Gasteiger partial charge in [-0.2, -0.15) is 0 Å². The molecule has 0 saturated heterocycles. The first-order valence-corrected chi connectivity index (χ1v) is 5.28. The molecule has 0 fully saturated rings. The van der Waals surface area contributed by atoms with E-state index >= 15 is 0 Å². The van der Waals surface area contributed by atoms with E-state index < -0.39 is 11.8 Å². The van der Waals surface area contributed by atoms with E-state index in [2.05, 4.69) is 0 Å². The molecule has 1 aromatic rings. The van der Waals surface area contributed by atoms with Crippen LogP contribution in [0.3, 0.4) is 0 Å². The van der Waals surface area contributed by atoms with E-state index in [4.69, 9.17) is 9.84 Å². The Bertz CT molecular complexity index is 355. The first-order chi connectivity index (χ1) is 7.15. The van der Waals surface area contributed by atoms with Gasteiger partial charge in [-0.05, 0) is 18.2 Å². The van der Waals surface area contributed by atoms with Gasteiger partial charge in [-0.1, -0.05) is 0 Å². The quantitative estimate of drug-likeness (QED) is 0.622. The number of carboxylic acid groups (broad SMARTS) is 1. The lowest BCUT2D eigenvalue weighted by Crippen LogP contribution is -1.98. The predicted octanol–water partition coefficient (Wildman–Crippen LogP) is 2.26. The van der Waals surface area contributed by atoms with Crippen molar-refractivity contribution < 1.29 is 19.0 Å². The Morgan fingerprint density at radius 3 is 2.93 bits per heavy atom. The molecule has 0 aliphatic heterocycles. The lowest BCUT2D eigenvalue weighted by molar-refractivity contribution is 0.0696. The van der Waals surface area contributed by atoms with E-state index in [0.717, 1.165) is 0 Å². The van der Waals surface area contributed by atoms with Gasteiger partial charge >= 0.3 is 5.97 Å². The molecule has 82 valence electrons. The van der Waals surface area contributed by atoms with Gasteiger partial charge in [-0.25, -0.2) is 9.18 Å². The predicted molar refractivity (Wildman–Crippen MR) is 56.0 cm³/mol. The molecular formula is C10H11FO3S. The Morgan fingerprint density at radius 1 is 1.60 bits per heavy atom. The average Bonchev–Trinajstić information content (AvgIpc) is 2.20. The monoisotopic (exact) mass is 230 g/mol. The molecule has 0 bridgehead atoms. The zero-order valence-corrected chi connectivity index (χ0v) is 9.01. The molecule has 5 heteroatoms. The fourth-order valence-corrected chi connectivity index (χ4v) is 1.87. The SMILES string of the molecule is COCCSc1cc(C(=O)O)ccc1F. The second-order valence-electron chi connectivity index (χ2n) is 2.79. The van der Waals surface area contributed by atoms with Gasteiger partial charge in [0.25, 0.3) is 0 Å². The summed E-state index contributed by atoms with van der Waals surface area (Å²) in [5, 5.41) is 8.72. The summed E-state index contributed by atoms with van der Waals surface area (Å²) in [6.45, 7) is 0.501. The number of hydrogen-bond acceptors (Lipinski definition) is 3. The van der Waals surface area contributed by atoms with Gasteiger partial charge in [-0.15, -0.1) is 11.8 Å². The third kappa shape index (κ3) is 3.53. The molecule has 15 heavy (non-hydrogen) atoms. The second kappa shape index (κ2) is 5.72. The number of carbonyl (C=O) groups is 1. The summed E-state index contributed by atoms with van der Waals surface area (Å²) in [7, 11) is 1.56. The van der Waals surface area contributed by atoms with Crippen molar-refractivity contribution in [3.05, 3.63) is 29.6 Å². The van der Waals surface area contributed by atoms with Crippen molar-refractivity contribution in [1.82, 2.24) is 0 Å². The first-order valence-electron chi connectivity index (χ1n) is 4.29. The largest absolute Gasteiger partial charge is 0.478 e. The van der Waals surface area contributed by atoms with E-state index in [1.165, 1.54) is 30.0 Å².